The number of hydrogen-bond donors (Lipinski definition) is 1. The average molecular weight is 517 g/mol. The maximum atomic E-state index is 14.5. The molecular weight excluding hydrogens is 484 g/mol. The highest BCUT2D eigenvalue weighted by molar-refractivity contribution is 6.50. The van der Waals surface area contributed by atoms with E-state index in [1.54, 1.807) is 35.2 Å². The van der Waals surface area contributed by atoms with Crippen molar-refractivity contribution in [1.82, 2.24) is 4.90 Å². The second kappa shape index (κ2) is 9.27. The molecule has 2 aromatic rings. The molecule has 1 spiro atoms. The van der Waals surface area contributed by atoms with E-state index in [2.05, 4.69) is 0 Å². The summed E-state index contributed by atoms with van der Waals surface area (Å²) in [5.74, 6) is -1.65. The number of aliphatic hydroxyl groups is 1. The van der Waals surface area contributed by atoms with Gasteiger partial charge in [0.05, 0.1) is 17.4 Å². The predicted octanol–water partition coefficient (Wildman–Crippen LogP) is 3.91. The number of anilines is 1. The Morgan fingerprint density at radius 3 is 2.74 bits per heavy atom. The molecule has 38 heavy (non-hydrogen) atoms. The molecule has 0 aliphatic carbocycles. The third-order valence-corrected chi connectivity index (χ3v) is 8.12. The molecule has 198 valence electrons. The van der Waals surface area contributed by atoms with Crippen molar-refractivity contribution >= 4 is 29.0 Å². The van der Waals surface area contributed by atoms with Gasteiger partial charge in [0.1, 0.15) is 17.6 Å². The van der Waals surface area contributed by atoms with Crippen LogP contribution in [0.15, 0.2) is 48.0 Å². The van der Waals surface area contributed by atoms with Gasteiger partial charge in [-0.15, -0.1) is 0 Å². The lowest BCUT2D eigenvalue weighted by Crippen LogP contribution is -2.54. The van der Waals surface area contributed by atoms with E-state index in [4.69, 9.17) is 9.47 Å². The first-order valence-electron chi connectivity index (χ1n) is 13.5. The number of unbranched alkanes of at least 4 members (excludes halogenated alkanes) is 1. The van der Waals surface area contributed by atoms with E-state index in [1.165, 1.54) is 4.90 Å². The first kappa shape index (κ1) is 24.7. The lowest BCUT2D eigenvalue weighted by atomic mass is 9.81. The molecule has 0 bridgehead atoms. The van der Waals surface area contributed by atoms with Gasteiger partial charge in [-0.2, -0.15) is 0 Å². The van der Waals surface area contributed by atoms with Gasteiger partial charge in [-0.05, 0) is 56.0 Å². The van der Waals surface area contributed by atoms with Crippen LogP contribution in [0, 0.1) is 0 Å². The molecule has 2 saturated heterocycles. The monoisotopic (exact) mass is 516 g/mol. The number of fused-ring (bicyclic) bond motifs is 3. The fraction of sp³-hybridized carbons (Fsp3) is 0.433. The number of para-hydroxylation sites is 1. The minimum absolute atomic E-state index is 0.00777. The van der Waals surface area contributed by atoms with E-state index in [0.29, 0.717) is 36.4 Å². The highest BCUT2D eigenvalue weighted by atomic mass is 16.5. The van der Waals surface area contributed by atoms with E-state index in [1.807, 2.05) is 26.0 Å². The van der Waals surface area contributed by atoms with E-state index in [9.17, 15) is 19.5 Å². The van der Waals surface area contributed by atoms with Gasteiger partial charge in [-0.25, -0.2) is 0 Å². The normalized spacial score (nSPS) is 27.4. The van der Waals surface area contributed by atoms with Crippen LogP contribution in [0.5, 0.6) is 5.75 Å². The third kappa shape index (κ3) is 3.50. The summed E-state index contributed by atoms with van der Waals surface area (Å²) in [5, 5.41) is 11.8. The molecule has 0 unspecified atom stereocenters. The zero-order valence-corrected chi connectivity index (χ0v) is 21.7. The summed E-state index contributed by atoms with van der Waals surface area (Å²) in [6, 6.07) is 12.5. The lowest BCUT2D eigenvalue weighted by molar-refractivity contribution is -0.145. The number of ketones is 1. The zero-order chi connectivity index (χ0) is 26.6. The second-order valence-corrected chi connectivity index (χ2v) is 10.6. The molecule has 2 fully saturated rings. The van der Waals surface area contributed by atoms with Crippen molar-refractivity contribution in [3.05, 3.63) is 64.7 Å². The van der Waals surface area contributed by atoms with Crippen LogP contribution in [0.1, 0.15) is 56.2 Å². The molecule has 1 N–H and O–H groups in total. The molecule has 3 atom stereocenters. The number of carbonyl (C=O) groups is 3. The SMILES string of the molecule is CCCCN1C(=O)[C@@]2(C(=C(O)c3ccc4c(c3)C[C@H](C)O4)C(=O)C(=O)N2C[C@H]2CCCO2)c2ccccc21. The zero-order valence-electron chi connectivity index (χ0n) is 21.7. The van der Waals surface area contributed by atoms with Crippen molar-refractivity contribution in [3.63, 3.8) is 0 Å². The third-order valence-electron chi connectivity index (χ3n) is 8.12. The maximum absolute atomic E-state index is 14.5. The van der Waals surface area contributed by atoms with Gasteiger partial charge in [0.15, 0.2) is 5.54 Å². The fourth-order valence-electron chi connectivity index (χ4n) is 6.36. The van der Waals surface area contributed by atoms with Gasteiger partial charge < -0.3 is 24.4 Å². The Balaban J connectivity index is 1.57. The minimum atomic E-state index is -1.75. The molecule has 8 heteroatoms. The van der Waals surface area contributed by atoms with E-state index in [-0.39, 0.29) is 36.0 Å². The van der Waals surface area contributed by atoms with Gasteiger partial charge in [-0.3, -0.25) is 14.4 Å². The summed E-state index contributed by atoms with van der Waals surface area (Å²) >= 11 is 0. The molecule has 0 aromatic heterocycles. The van der Waals surface area contributed by atoms with Crippen molar-refractivity contribution in [2.24, 2.45) is 0 Å². The number of ether oxygens (including phenoxy) is 2. The summed E-state index contributed by atoms with van der Waals surface area (Å²) in [7, 11) is 0. The number of hydrogen-bond acceptors (Lipinski definition) is 6. The highest BCUT2D eigenvalue weighted by Crippen LogP contribution is 2.54. The van der Waals surface area contributed by atoms with Crippen LogP contribution in [-0.4, -0.2) is 59.5 Å². The second-order valence-electron chi connectivity index (χ2n) is 10.6. The van der Waals surface area contributed by atoms with E-state index >= 15 is 0 Å². The van der Waals surface area contributed by atoms with Gasteiger partial charge >= 0.3 is 0 Å². The summed E-state index contributed by atoms with van der Waals surface area (Å²) < 4.78 is 11.6. The number of rotatable bonds is 6. The highest BCUT2D eigenvalue weighted by Gasteiger charge is 2.67. The summed E-state index contributed by atoms with van der Waals surface area (Å²) in [5.41, 5.74) is 0.561. The average Bonchev–Trinajstić information content (AvgIpc) is 3.66. The molecular formula is C30H32N2O6. The number of carbonyl (C=O) groups excluding carboxylic acids is 3. The van der Waals surface area contributed by atoms with Crippen LogP contribution in [0.2, 0.25) is 0 Å². The van der Waals surface area contributed by atoms with Crippen molar-refractivity contribution in [3.8, 4) is 5.75 Å². The molecule has 0 saturated carbocycles. The number of likely N-dealkylation sites (tertiary alicyclic amines) is 1. The number of Topliss-reactive ketones (excluding diaryl/α,β-unsaturated/α-hetero) is 1. The van der Waals surface area contributed by atoms with Crippen LogP contribution < -0.4 is 9.64 Å². The smallest absolute Gasteiger partial charge is 0.296 e. The topological polar surface area (TPSA) is 96.4 Å². The van der Waals surface area contributed by atoms with Crippen LogP contribution in [0.3, 0.4) is 0 Å². The standard InChI is InChI=1S/C30H32N2O6/c1-3-4-13-31-23-10-6-5-9-22(23)30(29(31)36)25(27(34)28(35)32(30)17-21-8-7-14-37-21)26(33)19-11-12-24-20(16-19)15-18(2)38-24/h5-6,9-12,16,18,21,33H,3-4,7-8,13-15,17H2,1-2H3/t18-,21+,30-/m0/s1. The molecule has 2 amide bonds. The maximum Gasteiger partial charge on any atom is 0.296 e. The Hall–Kier alpha value is -3.65. The van der Waals surface area contributed by atoms with Crippen LogP contribution in [0.25, 0.3) is 5.76 Å². The molecule has 0 radical (unpaired) electrons. The Kier molecular flexibility index (Phi) is 6.02. The quantitative estimate of drug-likeness (QED) is 0.355. The van der Waals surface area contributed by atoms with E-state index < -0.39 is 17.2 Å². The number of amides is 2. The number of aliphatic hydroxyl groups excluding tert-OH is 1. The van der Waals surface area contributed by atoms with Crippen molar-refractivity contribution in [2.45, 2.75) is 63.7 Å². The van der Waals surface area contributed by atoms with Gasteiger partial charge in [0.2, 0.25) is 0 Å². The first-order valence-corrected chi connectivity index (χ1v) is 13.5. The van der Waals surface area contributed by atoms with Crippen molar-refractivity contribution < 1.29 is 29.0 Å². The summed E-state index contributed by atoms with van der Waals surface area (Å²) in [4.78, 5) is 45.0. The molecule has 2 aromatic carbocycles. The molecule has 6 rings (SSSR count). The Labute approximate surface area is 221 Å². The van der Waals surface area contributed by atoms with Crippen LogP contribution in [-0.2, 0) is 31.1 Å². The van der Waals surface area contributed by atoms with Gasteiger partial charge in [-0.1, -0.05) is 31.5 Å². The largest absolute Gasteiger partial charge is 0.507 e. The lowest BCUT2D eigenvalue weighted by Gasteiger charge is -2.35. The summed E-state index contributed by atoms with van der Waals surface area (Å²) in [6.45, 7) is 5.13. The molecule has 4 aliphatic heterocycles. The first-order chi connectivity index (χ1) is 18.4. The number of nitrogens with zero attached hydrogens (tertiary/aromatic N) is 2. The molecule has 4 aliphatic rings. The summed E-state index contributed by atoms with van der Waals surface area (Å²) in [6.07, 6.45) is 3.61. The Bertz CT molecular complexity index is 1360. The van der Waals surface area contributed by atoms with Gasteiger partial charge in [0.25, 0.3) is 17.6 Å². The Morgan fingerprint density at radius 1 is 1.16 bits per heavy atom. The minimum Gasteiger partial charge on any atom is -0.507 e. The van der Waals surface area contributed by atoms with Crippen molar-refractivity contribution in [2.75, 3.05) is 24.6 Å². The molecule has 4 heterocycles. The van der Waals surface area contributed by atoms with Crippen molar-refractivity contribution in [1.29, 1.82) is 0 Å². The Morgan fingerprint density at radius 2 is 1.97 bits per heavy atom. The van der Waals surface area contributed by atoms with Gasteiger partial charge in [0, 0.05) is 37.2 Å². The molecule has 8 nitrogen and oxygen atoms in total. The van der Waals surface area contributed by atoms with Crippen LogP contribution in [0.4, 0.5) is 5.69 Å². The van der Waals surface area contributed by atoms with Crippen LogP contribution >= 0.6 is 0 Å². The van der Waals surface area contributed by atoms with E-state index in [0.717, 1.165) is 37.0 Å². The predicted molar refractivity (Wildman–Crippen MR) is 141 cm³/mol. The fourth-order valence-corrected chi connectivity index (χ4v) is 6.36. The number of benzene rings is 2.